The maximum absolute atomic E-state index is 14.7. The number of rotatable bonds is 10. The number of aromatic nitrogens is 4. The number of phenolic OH excluding ortho intramolecular Hbond substituents is 1. The average Bonchev–Trinajstić information content (AvgIpc) is 3.70. The molecule has 14 heteroatoms. The molecule has 2 aliphatic heterocycles. The van der Waals surface area contributed by atoms with Gasteiger partial charge < -0.3 is 30.2 Å². The number of thiazole rings is 1. The fraction of sp³-hybridized carbons (Fsp3) is 0.389. The Labute approximate surface area is 292 Å². The zero-order valence-electron chi connectivity index (χ0n) is 27.8. The van der Waals surface area contributed by atoms with E-state index in [4.69, 9.17) is 4.74 Å². The van der Waals surface area contributed by atoms with Crippen LogP contribution in [-0.2, 0) is 17.7 Å². The van der Waals surface area contributed by atoms with E-state index in [0.29, 0.717) is 66.4 Å². The largest absolute Gasteiger partial charge is 0.506 e. The van der Waals surface area contributed by atoms with E-state index < -0.39 is 11.7 Å². The summed E-state index contributed by atoms with van der Waals surface area (Å²) in [5.41, 5.74) is 3.94. The van der Waals surface area contributed by atoms with Crippen molar-refractivity contribution in [1.82, 2.24) is 35.1 Å². The first kappa shape index (κ1) is 34.0. The number of halogens is 1. The van der Waals surface area contributed by atoms with Crippen LogP contribution in [0.15, 0.2) is 65.5 Å². The molecule has 1 spiro atoms. The third-order valence-corrected chi connectivity index (χ3v) is 10.5. The Morgan fingerprint density at radius 1 is 1.10 bits per heavy atom. The fourth-order valence-corrected chi connectivity index (χ4v) is 7.85. The first-order chi connectivity index (χ1) is 24.2. The molecule has 2 fully saturated rings. The number of nitrogens with zero attached hydrogens (tertiary/aromatic N) is 5. The summed E-state index contributed by atoms with van der Waals surface area (Å²) >= 11 is 0.949. The molecule has 50 heavy (non-hydrogen) atoms. The van der Waals surface area contributed by atoms with Crippen molar-refractivity contribution in [3.63, 3.8) is 0 Å². The number of likely N-dealkylation sites (tertiary alicyclic amines) is 1. The molecule has 3 aromatic carbocycles. The number of H-pyrrole nitrogens is 1. The van der Waals surface area contributed by atoms with Crippen LogP contribution in [0.5, 0.6) is 5.75 Å². The normalized spacial score (nSPS) is 17.1. The number of nitrogens with one attached hydrogen (secondary N) is 2. The lowest BCUT2D eigenvalue weighted by molar-refractivity contribution is -0.128. The second kappa shape index (κ2) is 14.4. The van der Waals surface area contributed by atoms with Gasteiger partial charge in [0.1, 0.15) is 17.1 Å². The summed E-state index contributed by atoms with van der Waals surface area (Å²) in [6.45, 7) is 6.14. The molecule has 7 rings (SSSR count). The molecule has 0 aliphatic carbocycles. The molecule has 262 valence electrons. The molecule has 2 saturated heterocycles. The maximum atomic E-state index is 14.7. The molecular formula is C36H40FN7O5S. The lowest BCUT2D eigenvalue weighted by Gasteiger charge is -2.47. The average molecular weight is 702 g/mol. The second-order valence-electron chi connectivity index (χ2n) is 13.1. The molecule has 1 amide bonds. The second-order valence-corrected chi connectivity index (χ2v) is 14.1. The summed E-state index contributed by atoms with van der Waals surface area (Å²) in [7, 11) is 0. The summed E-state index contributed by atoms with van der Waals surface area (Å²) in [6.07, 6.45) is 1.20. The number of aliphatic hydroxyl groups excluding tert-OH is 1. The monoisotopic (exact) mass is 701 g/mol. The third-order valence-electron chi connectivity index (χ3n) is 9.57. The van der Waals surface area contributed by atoms with Crippen LogP contribution in [0.2, 0.25) is 0 Å². The number of hydrogen-bond donors (Lipinski definition) is 4. The Hall–Kier alpha value is -4.47. The SMILES string of the molecule is Cc1nn(-c2ccccc2)nc1C(=O)N1CCOC2(CCN(Cc3cc(F)cc(CCNC[C@H](O)c4ccc(O)c5[nH]c(=O)sc45)c3)CC2)C1. The molecule has 2 aromatic heterocycles. The summed E-state index contributed by atoms with van der Waals surface area (Å²) < 4.78 is 21.5. The molecule has 2 aliphatic rings. The zero-order chi connectivity index (χ0) is 34.8. The lowest BCUT2D eigenvalue weighted by Crippen LogP contribution is -2.58. The van der Waals surface area contributed by atoms with Gasteiger partial charge in [0.15, 0.2) is 5.69 Å². The highest BCUT2D eigenvalue weighted by atomic mass is 32.1. The quantitative estimate of drug-likeness (QED) is 0.160. The third kappa shape index (κ3) is 7.35. The highest BCUT2D eigenvalue weighted by Crippen LogP contribution is 2.33. The standard InChI is InChI=1S/C36H40FN7O5S/c1-23-31(41-44(40-23)27-5-3-2-4-6-27)34(47)43-15-16-49-36(22-43)10-13-42(14-11-36)21-25-17-24(18-26(37)19-25)9-12-38-20-30(46)28-7-8-29(45)32-33(28)50-35(48)39-32/h2-8,17-19,30,38,45-46H,9-16,20-22H2,1H3,(H,39,48)/t30-/m0/s1. The van der Waals surface area contributed by atoms with Gasteiger partial charge in [-0.2, -0.15) is 9.90 Å². The van der Waals surface area contributed by atoms with Crippen molar-refractivity contribution < 1.29 is 24.1 Å². The predicted octanol–water partition coefficient (Wildman–Crippen LogP) is 3.70. The van der Waals surface area contributed by atoms with E-state index in [2.05, 4.69) is 25.4 Å². The van der Waals surface area contributed by atoms with Gasteiger partial charge >= 0.3 is 4.87 Å². The minimum atomic E-state index is -0.882. The minimum Gasteiger partial charge on any atom is -0.506 e. The van der Waals surface area contributed by atoms with Crippen molar-refractivity contribution in [3.05, 3.63) is 104 Å². The molecule has 0 unspecified atom stereocenters. The Morgan fingerprint density at radius 2 is 1.88 bits per heavy atom. The van der Waals surface area contributed by atoms with E-state index in [9.17, 15) is 24.2 Å². The number of piperidine rings is 1. The van der Waals surface area contributed by atoms with Gasteiger partial charge in [-0.1, -0.05) is 41.7 Å². The smallest absolute Gasteiger partial charge is 0.305 e. The number of para-hydroxylation sites is 1. The first-order valence-corrected chi connectivity index (χ1v) is 17.6. The Morgan fingerprint density at radius 3 is 2.68 bits per heavy atom. The number of phenols is 1. The van der Waals surface area contributed by atoms with E-state index in [1.54, 1.807) is 19.1 Å². The number of aromatic amines is 1. The van der Waals surface area contributed by atoms with E-state index in [0.717, 1.165) is 54.1 Å². The van der Waals surface area contributed by atoms with Gasteiger partial charge in [0.2, 0.25) is 0 Å². The van der Waals surface area contributed by atoms with Gasteiger partial charge in [-0.3, -0.25) is 14.5 Å². The number of carbonyl (C=O) groups excluding carboxylic acids is 1. The van der Waals surface area contributed by atoms with Gasteiger partial charge in [-0.15, -0.1) is 5.10 Å². The summed E-state index contributed by atoms with van der Waals surface area (Å²) in [6, 6.07) is 17.7. The van der Waals surface area contributed by atoms with Crippen LogP contribution in [0.3, 0.4) is 0 Å². The van der Waals surface area contributed by atoms with Gasteiger partial charge in [-0.25, -0.2) is 4.39 Å². The number of benzene rings is 3. The highest BCUT2D eigenvalue weighted by molar-refractivity contribution is 7.16. The van der Waals surface area contributed by atoms with Gasteiger partial charge in [0.05, 0.1) is 40.9 Å². The number of hydrogen-bond acceptors (Lipinski definition) is 10. The van der Waals surface area contributed by atoms with Crippen LogP contribution in [0.25, 0.3) is 15.9 Å². The van der Waals surface area contributed by atoms with Crippen molar-refractivity contribution >= 4 is 27.5 Å². The number of morpholine rings is 1. The van der Waals surface area contributed by atoms with Crippen molar-refractivity contribution in [2.24, 2.45) is 0 Å². The van der Waals surface area contributed by atoms with E-state index in [-0.39, 0.29) is 28.9 Å². The molecule has 5 aromatic rings. The van der Waals surface area contributed by atoms with E-state index in [1.165, 1.54) is 16.9 Å². The molecule has 0 bridgehead atoms. The molecular weight excluding hydrogens is 662 g/mol. The number of aromatic hydroxyl groups is 1. The summed E-state index contributed by atoms with van der Waals surface area (Å²) in [4.78, 5) is 33.3. The van der Waals surface area contributed by atoms with Crippen LogP contribution in [0.1, 0.15) is 51.8 Å². The van der Waals surface area contributed by atoms with Crippen molar-refractivity contribution in [1.29, 1.82) is 0 Å². The minimum absolute atomic E-state index is 0.0359. The van der Waals surface area contributed by atoms with Crippen LogP contribution < -0.4 is 10.2 Å². The van der Waals surface area contributed by atoms with E-state index in [1.807, 2.05) is 41.3 Å². The van der Waals surface area contributed by atoms with Crippen LogP contribution in [0, 0.1) is 12.7 Å². The molecule has 1 atom stereocenters. The zero-order valence-corrected chi connectivity index (χ0v) is 28.6. The Balaban J connectivity index is 0.907. The molecule has 4 heterocycles. The predicted molar refractivity (Wildman–Crippen MR) is 187 cm³/mol. The number of aryl methyl sites for hydroxylation is 1. The van der Waals surface area contributed by atoms with Gasteiger partial charge in [0, 0.05) is 38.3 Å². The van der Waals surface area contributed by atoms with E-state index >= 15 is 0 Å². The van der Waals surface area contributed by atoms with Crippen molar-refractivity contribution in [2.45, 2.75) is 44.4 Å². The Kier molecular flexibility index (Phi) is 9.80. The lowest BCUT2D eigenvalue weighted by atomic mass is 9.89. The van der Waals surface area contributed by atoms with Crippen molar-refractivity contribution in [3.8, 4) is 11.4 Å². The van der Waals surface area contributed by atoms with Crippen molar-refractivity contribution in [2.75, 3.05) is 45.9 Å². The number of fused-ring (bicyclic) bond motifs is 1. The molecule has 0 radical (unpaired) electrons. The maximum Gasteiger partial charge on any atom is 0.305 e. The van der Waals surface area contributed by atoms with Crippen LogP contribution >= 0.6 is 11.3 Å². The molecule has 4 N–H and O–H groups in total. The summed E-state index contributed by atoms with van der Waals surface area (Å²) in [5, 5.41) is 33.0. The number of aliphatic hydroxyl groups is 1. The number of amides is 1. The topological polar surface area (TPSA) is 149 Å². The first-order valence-electron chi connectivity index (χ1n) is 16.8. The Bertz CT molecular complexity index is 2040. The number of carbonyl (C=O) groups is 1. The number of ether oxygens (including phenoxy) is 1. The fourth-order valence-electron chi connectivity index (χ4n) is 6.94. The van der Waals surface area contributed by atoms with Gasteiger partial charge in [0.25, 0.3) is 5.91 Å². The van der Waals surface area contributed by atoms with Crippen LogP contribution in [0.4, 0.5) is 4.39 Å². The summed E-state index contributed by atoms with van der Waals surface area (Å²) in [5.74, 6) is -0.460. The van der Waals surface area contributed by atoms with Crippen LogP contribution in [-0.4, -0.2) is 97.4 Å². The highest BCUT2D eigenvalue weighted by Gasteiger charge is 2.41. The molecule has 12 nitrogen and oxygen atoms in total. The van der Waals surface area contributed by atoms with Gasteiger partial charge in [-0.05, 0) is 74.2 Å². The molecule has 0 saturated carbocycles.